The van der Waals surface area contributed by atoms with Gasteiger partial charge in [0.25, 0.3) is 0 Å². The van der Waals surface area contributed by atoms with Crippen LogP contribution in [0.2, 0.25) is 0 Å². The number of fused-ring (bicyclic) bond motifs is 1. The van der Waals surface area contributed by atoms with Crippen molar-refractivity contribution in [2.24, 2.45) is 0 Å². The first-order chi connectivity index (χ1) is 31.5. The Morgan fingerprint density at radius 3 is 1.26 bits per heavy atom. The summed E-state index contributed by atoms with van der Waals surface area (Å²) in [6.07, 6.45) is 11.5. The average molecular weight is 903 g/mol. The lowest BCUT2D eigenvalue weighted by molar-refractivity contribution is -0.145. The molecule has 0 unspecified atom stereocenters. The van der Waals surface area contributed by atoms with Gasteiger partial charge in [-0.1, -0.05) is 43.0 Å². The second kappa shape index (κ2) is 32.6. The molecule has 0 aliphatic rings. The molecule has 65 heavy (non-hydrogen) atoms. The quantitative estimate of drug-likeness (QED) is 0.0181. The van der Waals surface area contributed by atoms with Gasteiger partial charge in [-0.3, -0.25) is 24.0 Å². The highest BCUT2D eigenvalue weighted by atomic mass is 16.6. The SMILES string of the molecule is C=C(C)C(=O)OCCCCCC(=O)OCCCCCC(=O)OCCCCCC(=O)OCCCCCC(=O)OCCCCCC(=O)Oc1ccc(C(=O)Oc2cccc3ccccc23)cc1. The Hall–Kier alpha value is -6.05. The Morgan fingerprint density at radius 1 is 0.415 bits per heavy atom. The summed E-state index contributed by atoms with van der Waals surface area (Å²) >= 11 is 0. The van der Waals surface area contributed by atoms with E-state index in [9.17, 15) is 33.6 Å². The fourth-order valence-electron chi connectivity index (χ4n) is 6.35. The zero-order valence-electron chi connectivity index (χ0n) is 38.0. The highest BCUT2D eigenvalue weighted by Gasteiger charge is 2.13. The molecule has 14 heteroatoms. The Balaban J connectivity index is 1.04. The van der Waals surface area contributed by atoms with Crippen molar-refractivity contribution in [2.45, 2.75) is 135 Å². The van der Waals surface area contributed by atoms with Gasteiger partial charge in [0.05, 0.1) is 38.6 Å². The number of carbonyl (C=O) groups is 7. The van der Waals surface area contributed by atoms with Crippen molar-refractivity contribution in [1.82, 2.24) is 0 Å². The summed E-state index contributed by atoms with van der Waals surface area (Å²) in [4.78, 5) is 84.2. The van der Waals surface area contributed by atoms with Gasteiger partial charge in [-0.25, -0.2) is 9.59 Å². The molecular formula is C51H66O14. The van der Waals surface area contributed by atoms with E-state index in [4.69, 9.17) is 33.2 Å². The number of carbonyl (C=O) groups excluding carboxylic acids is 7. The number of ether oxygens (including phenoxy) is 7. The van der Waals surface area contributed by atoms with Gasteiger partial charge in [0.15, 0.2) is 0 Å². The molecule has 3 aromatic carbocycles. The van der Waals surface area contributed by atoms with Crippen LogP contribution in [0.4, 0.5) is 0 Å². The van der Waals surface area contributed by atoms with E-state index in [0.29, 0.717) is 139 Å². The lowest BCUT2D eigenvalue weighted by Gasteiger charge is -2.09. The third kappa shape index (κ3) is 24.6. The first kappa shape index (κ1) is 53.3. The van der Waals surface area contributed by atoms with E-state index in [1.165, 1.54) is 0 Å². The number of hydrogen-bond donors (Lipinski definition) is 0. The summed E-state index contributed by atoms with van der Waals surface area (Å²) in [6, 6.07) is 19.4. The van der Waals surface area contributed by atoms with Crippen molar-refractivity contribution in [3.05, 3.63) is 84.4 Å². The molecule has 14 nitrogen and oxygen atoms in total. The molecule has 0 saturated heterocycles. The number of esters is 7. The second-order valence-electron chi connectivity index (χ2n) is 15.7. The molecule has 0 aromatic heterocycles. The fraction of sp³-hybridized carbons (Fsp3) is 0.510. The number of rotatable bonds is 34. The zero-order valence-corrected chi connectivity index (χ0v) is 38.0. The highest BCUT2D eigenvalue weighted by molar-refractivity contribution is 5.95. The molecule has 0 radical (unpaired) electrons. The molecule has 3 aromatic rings. The highest BCUT2D eigenvalue weighted by Crippen LogP contribution is 2.26. The smallest absolute Gasteiger partial charge is 0.343 e. The maximum absolute atomic E-state index is 12.7. The van der Waals surface area contributed by atoms with Crippen LogP contribution < -0.4 is 9.47 Å². The Morgan fingerprint density at radius 2 is 0.815 bits per heavy atom. The molecule has 0 aliphatic heterocycles. The van der Waals surface area contributed by atoms with Crippen molar-refractivity contribution >= 4 is 52.6 Å². The predicted octanol–water partition coefficient (Wildman–Crippen LogP) is 10.1. The number of benzene rings is 3. The zero-order chi connectivity index (χ0) is 46.9. The van der Waals surface area contributed by atoms with Crippen LogP contribution in [-0.4, -0.2) is 74.8 Å². The Kier molecular flexibility index (Phi) is 26.7. The van der Waals surface area contributed by atoms with Crippen LogP contribution in [0.15, 0.2) is 78.9 Å². The molecule has 0 aliphatic carbocycles. The van der Waals surface area contributed by atoms with Crippen molar-refractivity contribution in [2.75, 3.05) is 33.0 Å². The molecule has 0 saturated carbocycles. The van der Waals surface area contributed by atoms with Crippen LogP contribution in [0.5, 0.6) is 11.5 Å². The third-order valence-corrected chi connectivity index (χ3v) is 10.0. The van der Waals surface area contributed by atoms with Crippen LogP contribution in [-0.2, 0) is 52.5 Å². The van der Waals surface area contributed by atoms with E-state index < -0.39 is 17.9 Å². The Bertz CT molecular complexity index is 1950. The van der Waals surface area contributed by atoms with Gasteiger partial charge in [-0.15, -0.1) is 0 Å². The summed E-state index contributed by atoms with van der Waals surface area (Å²) in [5, 5.41) is 1.80. The summed E-state index contributed by atoms with van der Waals surface area (Å²) in [5.41, 5.74) is 0.693. The summed E-state index contributed by atoms with van der Waals surface area (Å²) < 4.78 is 37.1. The third-order valence-electron chi connectivity index (χ3n) is 10.0. The van der Waals surface area contributed by atoms with Gasteiger partial charge in [0.2, 0.25) is 0 Å². The maximum atomic E-state index is 12.7. The normalized spacial score (nSPS) is 10.7. The average Bonchev–Trinajstić information content (AvgIpc) is 3.29. The van der Waals surface area contributed by atoms with Crippen LogP contribution in [0.25, 0.3) is 10.8 Å². The summed E-state index contributed by atoms with van der Waals surface area (Å²) in [6.45, 7) is 6.61. The van der Waals surface area contributed by atoms with Gasteiger partial charge in [-0.2, -0.15) is 0 Å². The molecule has 0 atom stereocenters. The molecular weight excluding hydrogens is 837 g/mol. The first-order valence-corrected chi connectivity index (χ1v) is 23.0. The maximum Gasteiger partial charge on any atom is 0.343 e. The topological polar surface area (TPSA) is 184 Å². The number of hydrogen-bond acceptors (Lipinski definition) is 14. The monoisotopic (exact) mass is 902 g/mol. The molecule has 0 heterocycles. The number of unbranched alkanes of at least 4 members (excludes halogenated alkanes) is 10. The Labute approximate surface area is 382 Å². The predicted molar refractivity (Wildman–Crippen MR) is 243 cm³/mol. The lowest BCUT2D eigenvalue weighted by Crippen LogP contribution is -2.10. The van der Waals surface area contributed by atoms with E-state index >= 15 is 0 Å². The molecule has 0 N–H and O–H groups in total. The van der Waals surface area contributed by atoms with Crippen LogP contribution in [0.1, 0.15) is 146 Å². The van der Waals surface area contributed by atoms with Crippen molar-refractivity contribution < 1.29 is 66.7 Å². The molecule has 3 rings (SSSR count). The van der Waals surface area contributed by atoms with E-state index in [2.05, 4.69) is 6.58 Å². The minimum absolute atomic E-state index is 0.206. The summed E-state index contributed by atoms with van der Waals surface area (Å²) in [7, 11) is 0. The van der Waals surface area contributed by atoms with Gasteiger partial charge >= 0.3 is 41.8 Å². The van der Waals surface area contributed by atoms with Gasteiger partial charge in [0, 0.05) is 43.1 Å². The molecule has 354 valence electrons. The fourth-order valence-corrected chi connectivity index (χ4v) is 6.35. The first-order valence-electron chi connectivity index (χ1n) is 23.0. The molecule has 0 spiro atoms. The van der Waals surface area contributed by atoms with Crippen LogP contribution >= 0.6 is 0 Å². The molecule has 0 bridgehead atoms. The van der Waals surface area contributed by atoms with E-state index in [0.717, 1.165) is 36.5 Å². The van der Waals surface area contributed by atoms with Crippen molar-refractivity contribution in [3.63, 3.8) is 0 Å². The summed E-state index contributed by atoms with van der Waals surface area (Å²) in [5.74, 6) is -1.59. The van der Waals surface area contributed by atoms with Crippen LogP contribution in [0, 0.1) is 0 Å². The minimum atomic E-state index is -0.512. The van der Waals surface area contributed by atoms with Gasteiger partial charge < -0.3 is 33.2 Å². The van der Waals surface area contributed by atoms with E-state index in [-0.39, 0.29) is 43.3 Å². The minimum Gasteiger partial charge on any atom is -0.466 e. The van der Waals surface area contributed by atoms with E-state index in [1.807, 2.05) is 36.4 Å². The molecule has 0 fully saturated rings. The van der Waals surface area contributed by atoms with Gasteiger partial charge in [0.1, 0.15) is 11.5 Å². The second-order valence-corrected chi connectivity index (χ2v) is 15.7. The molecule has 0 amide bonds. The largest absolute Gasteiger partial charge is 0.466 e. The standard InChI is InChI=1S/C51H66O14/c1-39(2)50(57)63-38-19-6-11-28-48(55)61-36-17-4-9-26-46(53)59-34-15-3-8-25-45(52)60-35-16-5-10-27-47(54)62-37-18-7-12-29-49(56)64-42-32-30-41(31-33-42)51(58)65-44-24-20-22-40-21-13-14-23-43(40)44/h13-14,20-24,30-33H,1,3-12,15-19,25-29,34-38H2,2H3. The van der Waals surface area contributed by atoms with Gasteiger partial charge in [-0.05, 0) is 139 Å². The van der Waals surface area contributed by atoms with Crippen molar-refractivity contribution in [1.29, 1.82) is 0 Å². The lowest BCUT2D eigenvalue weighted by atomic mass is 10.1. The van der Waals surface area contributed by atoms with Crippen molar-refractivity contribution in [3.8, 4) is 11.5 Å². The van der Waals surface area contributed by atoms with E-state index in [1.54, 1.807) is 37.3 Å². The van der Waals surface area contributed by atoms with Crippen LogP contribution in [0.3, 0.4) is 0 Å².